The van der Waals surface area contributed by atoms with Gasteiger partial charge < -0.3 is 10.1 Å². The van der Waals surface area contributed by atoms with Crippen molar-refractivity contribution in [1.82, 2.24) is 4.98 Å². The van der Waals surface area contributed by atoms with E-state index in [1.807, 2.05) is 0 Å². The Labute approximate surface area is 151 Å². The van der Waals surface area contributed by atoms with E-state index in [-0.39, 0.29) is 16.9 Å². The van der Waals surface area contributed by atoms with Gasteiger partial charge in [0, 0.05) is 22.9 Å². The molecular formula is C16H14BrN3O5. The molecule has 0 bridgehead atoms. The number of nitrogens with zero attached hydrogens (tertiary/aromatic N) is 2. The first-order valence-corrected chi connectivity index (χ1v) is 7.90. The van der Waals surface area contributed by atoms with Gasteiger partial charge in [0.15, 0.2) is 6.61 Å². The number of hydrogen-bond donors (Lipinski definition) is 1. The van der Waals surface area contributed by atoms with Crippen molar-refractivity contribution in [2.75, 3.05) is 11.9 Å². The number of esters is 1. The van der Waals surface area contributed by atoms with E-state index in [9.17, 15) is 19.7 Å². The van der Waals surface area contributed by atoms with Crippen LogP contribution in [0.4, 0.5) is 11.4 Å². The van der Waals surface area contributed by atoms with Crippen LogP contribution in [0.5, 0.6) is 0 Å². The van der Waals surface area contributed by atoms with Crippen LogP contribution in [0.15, 0.2) is 35.1 Å². The number of nitro benzene ring substituents is 1. The molecule has 2 rings (SSSR count). The smallest absolute Gasteiger partial charge is 0.340 e. The molecule has 0 radical (unpaired) electrons. The van der Waals surface area contributed by atoms with Gasteiger partial charge in [-0.25, -0.2) is 4.79 Å². The highest BCUT2D eigenvalue weighted by Gasteiger charge is 2.18. The van der Waals surface area contributed by atoms with Gasteiger partial charge in [-0.05, 0) is 53.0 Å². The number of pyridine rings is 1. The van der Waals surface area contributed by atoms with E-state index in [1.54, 1.807) is 13.8 Å². The number of anilines is 1. The van der Waals surface area contributed by atoms with Crippen molar-refractivity contribution in [2.24, 2.45) is 0 Å². The molecule has 0 atom stereocenters. The summed E-state index contributed by atoms with van der Waals surface area (Å²) >= 11 is 3.18. The van der Waals surface area contributed by atoms with E-state index >= 15 is 0 Å². The van der Waals surface area contributed by atoms with E-state index < -0.39 is 23.4 Å². The van der Waals surface area contributed by atoms with Crippen molar-refractivity contribution < 1.29 is 19.2 Å². The van der Waals surface area contributed by atoms with Crippen LogP contribution in [0.25, 0.3) is 0 Å². The molecule has 1 aromatic carbocycles. The van der Waals surface area contributed by atoms with Gasteiger partial charge in [0.05, 0.1) is 10.5 Å². The van der Waals surface area contributed by atoms with Crippen LogP contribution in [0, 0.1) is 24.0 Å². The van der Waals surface area contributed by atoms with Crippen molar-refractivity contribution in [3.63, 3.8) is 0 Å². The maximum Gasteiger partial charge on any atom is 0.340 e. The molecule has 0 spiro atoms. The second-order valence-corrected chi connectivity index (χ2v) is 6.14. The monoisotopic (exact) mass is 407 g/mol. The minimum Gasteiger partial charge on any atom is -0.452 e. The first-order valence-electron chi connectivity index (χ1n) is 7.11. The lowest BCUT2D eigenvalue weighted by Gasteiger charge is -2.09. The number of benzene rings is 1. The third kappa shape index (κ3) is 4.83. The molecule has 0 saturated carbocycles. The van der Waals surface area contributed by atoms with Gasteiger partial charge in [-0.15, -0.1) is 0 Å². The first kappa shape index (κ1) is 18.5. The number of hydrogen-bond acceptors (Lipinski definition) is 6. The molecule has 130 valence electrons. The predicted molar refractivity (Wildman–Crippen MR) is 93.4 cm³/mol. The van der Waals surface area contributed by atoms with Gasteiger partial charge in [-0.1, -0.05) is 0 Å². The van der Waals surface area contributed by atoms with Crippen molar-refractivity contribution in [3.8, 4) is 0 Å². The van der Waals surface area contributed by atoms with Crippen LogP contribution >= 0.6 is 15.9 Å². The minimum absolute atomic E-state index is 0.0540. The van der Waals surface area contributed by atoms with Gasteiger partial charge in [-0.2, -0.15) is 0 Å². The summed E-state index contributed by atoms with van der Waals surface area (Å²) in [5.41, 5.74) is 1.54. The van der Waals surface area contributed by atoms with Crippen LogP contribution in [-0.2, 0) is 9.53 Å². The van der Waals surface area contributed by atoms with Gasteiger partial charge in [-0.3, -0.25) is 19.9 Å². The second kappa shape index (κ2) is 7.84. The Morgan fingerprint density at radius 1 is 1.24 bits per heavy atom. The van der Waals surface area contributed by atoms with Gasteiger partial charge >= 0.3 is 5.97 Å². The summed E-state index contributed by atoms with van der Waals surface area (Å²) in [7, 11) is 0. The number of ether oxygens (including phenoxy) is 1. The normalized spacial score (nSPS) is 10.2. The van der Waals surface area contributed by atoms with Crippen LogP contribution in [0.1, 0.15) is 21.5 Å². The molecule has 2 aromatic rings. The summed E-state index contributed by atoms with van der Waals surface area (Å²) in [5, 5.41) is 13.5. The Morgan fingerprint density at radius 3 is 2.56 bits per heavy atom. The van der Waals surface area contributed by atoms with E-state index in [1.165, 1.54) is 30.6 Å². The zero-order valence-corrected chi connectivity index (χ0v) is 15.0. The Bertz CT molecular complexity index is 854. The molecule has 0 unspecified atom stereocenters. The molecule has 0 fully saturated rings. The fourth-order valence-corrected chi connectivity index (χ4v) is 2.34. The maximum atomic E-state index is 12.0. The van der Waals surface area contributed by atoms with Crippen molar-refractivity contribution >= 4 is 39.2 Å². The molecule has 0 aliphatic rings. The highest BCUT2D eigenvalue weighted by atomic mass is 79.9. The van der Waals surface area contributed by atoms with Crippen LogP contribution in [-0.4, -0.2) is 28.4 Å². The predicted octanol–water partition coefficient (Wildman–Crippen LogP) is 3.16. The molecule has 0 aliphatic heterocycles. The molecule has 1 amide bonds. The second-order valence-electron chi connectivity index (χ2n) is 5.23. The SMILES string of the molecule is Cc1cc(NC(=O)COC(=O)c2cncc(Br)c2)c([N+](=O)[O-])cc1C. The number of carbonyl (C=O) groups excluding carboxylic acids is 2. The minimum atomic E-state index is -0.724. The van der Waals surface area contributed by atoms with Gasteiger partial charge in [0.2, 0.25) is 0 Å². The number of nitro groups is 1. The largest absolute Gasteiger partial charge is 0.452 e. The summed E-state index contributed by atoms with van der Waals surface area (Å²) in [5.74, 6) is -1.40. The zero-order valence-electron chi connectivity index (χ0n) is 13.4. The Morgan fingerprint density at radius 2 is 1.92 bits per heavy atom. The average Bonchev–Trinajstić information content (AvgIpc) is 2.55. The molecule has 25 heavy (non-hydrogen) atoms. The average molecular weight is 408 g/mol. The topological polar surface area (TPSA) is 111 Å². The molecule has 1 heterocycles. The lowest BCUT2D eigenvalue weighted by molar-refractivity contribution is -0.384. The van der Waals surface area contributed by atoms with E-state index in [4.69, 9.17) is 4.74 Å². The highest BCUT2D eigenvalue weighted by Crippen LogP contribution is 2.27. The Balaban J connectivity index is 2.04. The van der Waals surface area contributed by atoms with Crippen molar-refractivity contribution in [1.29, 1.82) is 0 Å². The summed E-state index contributed by atoms with van der Waals surface area (Å²) in [4.78, 5) is 38.2. The third-order valence-electron chi connectivity index (χ3n) is 3.36. The fraction of sp³-hybridized carbons (Fsp3) is 0.188. The van der Waals surface area contributed by atoms with Crippen molar-refractivity contribution in [2.45, 2.75) is 13.8 Å². The van der Waals surface area contributed by atoms with E-state index in [0.717, 1.165) is 11.1 Å². The molecule has 8 nitrogen and oxygen atoms in total. The van der Waals surface area contributed by atoms with Crippen molar-refractivity contribution in [3.05, 3.63) is 61.9 Å². The Kier molecular flexibility index (Phi) is 5.81. The van der Waals surface area contributed by atoms with Crippen LogP contribution in [0.3, 0.4) is 0 Å². The summed E-state index contributed by atoms with van der Waals surface area (Å²) in [6.07, 6.45) is 2.81. The number of amides is 1. The quantitative estimate of drug-likeness (QED) is 0.462. The first-order chi connectivity index (χ1) is 11.8. The molecule has 1 N–H and O–H groups in total. The lowest BCUT2D eigenvalue weighted by Crippen LogP contribution is -2.21. The van der Waals surface area contributed by atoms with Crippen LogP contribution < -0.4 is 5.32 Å². The summed E-state index contributed by atoms with van der Waals surface area (Å²) in [6, 6.07) is 4.39. The van der Waals surface area contributed by atoms with E-state index in [2.05, 4.69) is 26.2 Å². The Hall–Kier alpha value is -2.81. The van der Waals surface area contributed by atoms with Crippen LogP contribution in [0.2, 0.25) is 0 Å². The highest BCUT2D eigenvalue weighted by molar-refractivity contribution is 9.10. The van der Waals surface area contributed by atoms with E-state index in [0.29, 0.717) is 4.47 Å². The molecule has 9 heteroatoms. The van der Waals surface area contributed by atoms with Gasteiger partial charge in [0.1, 0.15) is 5.69 Å². The third-order valence-corrected chi connectivity index (χ3v) is 3.79. The number of rotatable bonds is 5. The van der Waals surface area contributed by atoms with Gasteiger partial charge in [0.25, 0.3) is 11.6 Å². The number of nitrogens with one attached hydrogen (secondary N) is 1. The zero-order chi connectivity index (χ0) is 18.6. The standard InChI is InChI=1S/C16H14BrN3O5/c1-9-3-13(14(20(23)24)4-10(9)2)19-15(21)8-25-16(22)11-5-12(17)7-18-6-11/h3-7H,8H2,1-2H3,(H,19,21). The molecular weight excluding hydrogens is 394 g/mol. The number of aromatic nitrogens is 1. The summed E-state index contributed by atoms with van der Waals surface area (Å²) < 4.78 is 5.48. The molecule has 0 aliphatic carbocycles. The number of carbonyl (C=O) groups is 2. The molecule has 1 aromatic heterocycles. The summed E-state index contributed by atoms with van der Waals surface area (Å²) in [6.45, 7) is 2.94. The fourth-order valence-electron chi connectivity index (χ4n) is 1.98. The molecule has 0 saturated heterocycles. The number of aryl methyl sites for hydroxylation is 2. The number of halogens is 1. The lowest BCUT2D eigenvalue weighted by atomic mass is 10.1. The maximum absolute atomic E-state index is 12.0.